The second-order valence-corrected chi connectivity index (χ2v) is 5.60. The highest BCUT2D eigenvalue weighted by Crippen LogP contribution is 2.28. The molecule has 0 saturated heterocycles. The highest BCUT2D eigenvalue weighted by atomic mass is 35.5. The van der Waals surface area contributed by atoms with E-state index in [0.29, 0.717) is 41.8 Å². The van der Waals surface area contributed by atoms with Crippen LogP contribution in [0, 0.1) is 0 Å². The summed E-state index contributed by atoms with van der Waals surface area (Å²) in [6.45, 7) is 5.40. The van der Waals surface area contributed by atoms with Crippen molar-refractivity contribution in [2.75, 3.05) is 19.8 Å². The van der Waals surface area contributed by atoms with Gasteiger partial charge in [0.25, 0.3) is 5.91 Å². The largest absolute Gasteiger partial charge is 0.490 e. The third-order valence-corrected chi connectivity index (χ3v) is 3.63. The van der Waals surface area contributed by atoms with Crippen molar-refractivity contribution in [2.24, 2.45) is 0 Å². The van der Waals surface area contributed by atoms with Gasteiger partial charge in [0.15, 0.2) is 11.5 Å². The second kappa shape index (κ2) is 9.18. The number of hydrogen-bond acceptors (Lipinski definition) is 3. The van der Waals surface area contributed by atoms with Gasteiger partial charge in [-0.2, -0.15) is 0 Å². The van der Waals surface area contributed by atoms with E-state index in [1.165, 1.54) is 0 Å². The maximum Gasteiger partial charge on any atom is 0.251 e. The Hall–Kier alpha value is -2.20. The van der Waals surface area contributed by atoms with Gasteiger partial charge in [-0.25, -0.2) is 0 Å². The van der Waals surface area contributed by atoms with Crippen LogP contribution in [0.5, 0.6) is 11.5 Å². The molecule has 1 amide bonds. The Morgan fingerprint density at radius 1 is 1.04 bits per heavy atom. The van der Waals surface area contributed by atoms with Crippen LogP contribution in [-0.4, -0.2) is 25.7 Å². The topological polar surface area (TPSA) is 47.6 Å². The van der Waals surface area contributed by atoms with Crippen LogP contribution >= 0.6 is 11.6 Å². The minimum absolute atomic E-state index is 0.138. The quantitative estimate of drug-likeness (QED) is 0.781. The number of carbonyl (C=O) groups is 1. The summed E-state index contributed by atoms with van der Waals surface area (Å²) in [6, 6.07) is 12.8. The Labute approximate surface area is 147 Å². The highest BCUT2D eigenvalue weighted by molar-refractivity contribution is 6.30. The average Bonchev–Trinajstić information content (AvgIpc) is 2.57. The molecule has 0 aliphatic rings. The van der Waals surface area contributed by atoms with Crippen LogP contribution in [0.1, 0.15) is 29.8 Å². The minimum atomic E-state index is -0.138. The molecule has 0 heterocycles. The monoisotopic (exact) mass is 347 g/mol. The lowest BCUT2D eigenvalue weighted by molar-refractivity contribution is 0.0953. The number of benzene rings is 2. The molecule has 2 aromatic rings. The fourth-order valence-electron chi connectivity index (χ4n) is 2.31. The zero-order valence-corrected chi connectivity index (χ0v) is 14.7. The van der Waals surface area contributed by atoms with E-state index < -0.39 is 0 Å². The summed E-state index contributed by atoms with van der Waals surface area (Å²) in [4.78, 5) is 12.3. The van der Waals surface area contributed by atoms with Crippen LogP contribution in [0.3, 0.4) is 0 Å². The standard InChI is InChI=1S/C19H22ClNO3/c1-3-23-17-9-8-15(13-18(17)24-4-2)19(22)21-11-10-14-6-5-7-16(20)12-14/h5-9,12-13H,3-4,10-11H2,1-2H3,(H,21,22). The van der Waals surface area contributed by atoms with Gasteiger partial charge in [-0.15, -0.1) is 0 Å². The van der Waals surface area contributed by atoms with Crippen molar-refractivity contribution in [3.05, 3.63) is 58.6 Å². The summed E-state index contributed by atoms with van der Waals surface area (Å²) in [7, 11) is 0. The van der Waals surface area contributed by atoms with Crippen molar-refractivity contribution in [1.82, 2.24) is 5.32 Å². The van der Waals surface area contributed by atoms with Crippen LogP contribution in [0.15, 0.2) is 42.5 Å². The lowest BCUT2D eigenvalue weighted by Crippen LogP contribution is -2.25. The molecule has 128 valence electrons. The van der Waals surface area contributed by atoms with E-state index in [1.54, 1.807) is 18.2 Å². The Kier molecular flexibility index (Phi) is 6.94. The zero-order chi connectivity index (χ0) is 17.4. The number of nitrogens with one attached hydrogen (secondary N) is 1. The predicted octanol–water partition coefficient (Wildman–Crippen LogP) is 4.11. The molecule has 0 bridgehead atoms. The third-order valence-electron chi connectivity index (χ3n) is 3.39. The molecule has 0 aliphatic carbocycles. The van der Waals surface area contributed by atoms with Gasteiger partial charge in [0, 0.05) is 17.1 Å². The molecular formula is C19H22ClNO3. The van der Waals surface area contributed by atoms with E-state index in [-0.39, 0.29) is 5.91 Å². The van der Waals surface area contributed by atoms with E-state index in [0.717, 1.165) is 12.0 Å². The molecule has 2 aromatic carbocycles. The molecule has 0 aromatic heterocycles. The number of carbonyl (C=O) groups excluding carboxylic acids is 1. The van der Waals surface area contributed by atoms with Crippen molar-refractivity contribution in [3.63, 3.8) is 0 Å². The minimum Gasteiger partial charge on any atom is -0.490 e. The zero-order valence-electron chi connectivity index (χ0n) is 14.0. The van der Waals surface area contributed by atoms with Gasteiger partial charge in [-0.1, -0.05) is 23.7 Å². The molecule has 1 N–H and O–H groups in total. The fourth-order valence-corrected chi connectivity index (χ4v) is 2.52. The van der Waals surface area contributed by atoms with Crippen molar-refractivity contribution >= 4 is 17.5 Å². The Bertz CT molecular complexity index is 688. The first-order valence-electron chi connectivity index (χ1n) is 8.06. The number of halogens is 1. The van der Waals surface area contributed by atoms with Gasteiger partial charge in [0.2, 0.25) is 0 Å². The van der Waals surface area contributed by atoms with Crippen LogP contribution in [0.4, 0.5) is 0 Å². The first-order chi connectivity index (χ1) is 11.6. The van der Waals surface area contributed by atoms with Gasteiger partial charge >= 0.3 is 0 Å². The molecule has 5 heteroatoms. The summed E-state index contributed by atoms with van der Waals surface area (Å²) in [5.74, 6) is 1.10. The normalized spacial score (nSPS) is 10.3. The first-order valence-corrected chi connectivity index (χ1v) is 8.44. The van der Waals surface area contributed by atoms with Gasteiger partial charge in [0.1, 0.15) is 0 Å². The van der Waals surface area contributed by atoms with Crippen LogP contribution in [-0.2, 0) is 6.42 Å². The third kappa shape index (κ3) is 5.17. The maximum atomic E-state index is 12.3. The number of hydrogen-bond donors (Lipinski definition) is 1. The van der Waals surface area contributed by atoms with Crippen LogP contribution in [0.2, 0.25) is 5.02 Å². The summed E-state index contributed by atoms with van der Waals surface area (Å²) in [5.41, 5.74) is 1.64. The molecule has 0 spiro atoms. The highest BCUT2D eigenvalue weighted by Gasteiger charge is 2.11. The SMILES string of the molecule is CCOc1ccc(C(=O)NCCc2cccc(Cl)c2)cc1OCC. The number of ether oxygens (including phenoxy) is 2. The molecule has 0 unspecified atom stereocenters. The van der Waals surface area contributed by atoms with Crippen molar-refractivity contribution in [2.45, 2.75) is 20.3 Å². The predicted molar refractivity (Wildman–Crippen MR) is 96.3 cm³/mol. The second-order valence-electron chi connectivity index (χ2n) is 5.16. The maximum absolute atomic E-state index is 12.3. The fraction of sp³-hybridized carbons (Fsp3) is 0.316. The molecule has 0 radical (unpaired) electrons. The summed E-state index contributed by atoms with van der Waals surface area (Å²) < 4.78 is 11.1. The van der Waals surface area contributed by atoms with Gasteiger partial charge in [-0.05, 0) is 56.2 Å². The number of rotatable bonds is 8. The Morgan fingerprint density at radius 2 is 1.79 bits per heavy atom. The molecule has 4 nitrogen and oxygen atoms in total. The molecular weight excluding hydrogens is 326 g/mol. The van der Waals surface area contributed by atoms with Crippen molar-refractivity contribution < 1.29 is 14.3 Å². The molecule has 0 fully saturated rings. The van der Waals surface area contributed by atoms with Gasteiger partial charge in [-0.3, -0.25) is 4.79 Å². The van der Waals surface area contributed by atoms with E-state index in [9.17, 15) is 4.79 Å². The smallest absolute Gasteiger partial charge is 0.251 e. The average molecular weight is 348 g/mol. The summed E-state index contributed by atoms with van der Waals surface area (Å²) >= 11 is 5.96. The van der Waals surface area contributed by atoms with E-state index in [4.69, 9.17) is 21.1 Å². The molecule has 0 saturated carbocycles. The summed E-state index contributed by atoms with van der Waals surface area (Å²) in [6.07, 6.45) is 0.724. The molecule has 0 aliphatic heterocycles. The Balaban J connectivity index is 1.97. The lowest BCUT2D eigenvalue weighted by Gasteiger charge is -2.12. The van der Waals surface area contributed by atoms with Gasteiger partial charge < -0.3 is 14.8 Å². The van der Waals surface area contributed by atoms with Crippen molar-refractivity contribution in [1.29, 1.82) is 0 Å². The van der Waals surface area contributed by atoms with Crippen molar-refractivity contribution in [3.8, 4) is 11.5 Å². The Morgan fingerprint density at radius 3 is 2.50 bits per heavy atom. The lowest BCUT2D eigenvalue weighted by atomic mass is 10.1. The summed E-state index contributed by atoms with van der Waals surface area (Å²) in [5, 5.41) is 3.61. The number of amides is 1. The van der Waals surface area contributed by atoms with Crippen LogP contribution in [0.25, 0.3) is 0 Å². The molecule has 24 heavy (non-hydrogen) atoms. The van der Waals surface area contributed by atoms with Crippen LogP contribution < -0.4 is 14.8 Å². The molecule has 2 rings (SSSR count). The van der Waals surface area contributed by atoms with E-state index in [2.05, 4.69) is 5.32 Å². The van der Waals surface area contributed by atoms with E-state index in [1.807, 2.05) is 38.1 Å². The van der Waals surface area contributed by atoms with Gasteiger partial charge in [0.05, 0.1) is 13.2 Å². The first kappa shape index (κ1) is 18.1. The molecule has 0 atom stereocenters. The van der Waals surface area contributed by atoms with E-state index >= 15 is 0 Å².